The minimum absolute atomic E-state index is 0.0255. The van der Waals surface area contributed by atoms with E-state index in [1.807, 2.05) is 12.1 Å². The van der Waals surface area contributed by atoms with Crippen LogP contribution in [0.2, 0.25) is 0 Å². The summed E-state index contributed by atoms with van der Waals surface area (Å²) in [6.07, 6.45) is 10.2. The third-order valence-corrected chi connectivity index (χ3v) is 6.33. The van der Waals surface area contributed by atoms with E-state index >= 15 is 0 Å². The molecule has 1 aliphatic rings. The van der Waals surface area contributed by atoms with Crippen LogP contribution in [-0.2, 0) is 27.2 Å². The summed E-state index contributed by atoms with van der Waals surface area (Å²) in [6, 6.07) is 3.76. The maximum atomic E-state index is 11.1. The van der Waals surface area contributed by atoms with E-state index in [2.05, 4.69) is 0 Å². The van der Waals surface area contributed by atoms with E-state index in [9.17, 15) is 19.8 Å². The van der Waals surface area contributed by atoms with E-state index in [0.717, 1.165) is 68.9 Å². The Labute approximate surface area is 179 Å². The molecule has 0 radical (unpaired) electrons. The fourth-order valence-corrected chi connectivity index (χ4v) is 3.84. The molecule has 1 fully saturated rings. The molecule has 6 nitrogen and oxygen atoms in total. The predicted molar refractivity (Wildman–Crippen MR) is 115 cm³/mol. The number of carboxylic acid groups (broad SMARTS) is 1. The zero-order valence-corrected chi connectivity index (χ0v) is 18.3. The molecule has 168 valence electrons. The number of rotatable bonds is 15. The van der Waals surface area contributed by atoms with Gasteiger partial charge in [-0.2, -0.15) is 0 Å². The zero-order valence-electron chi connectivity index (χ0n) is 18.3. The molecule has 1 aromatic carbocycles. The van der Waals surface area contributed by atoms with Crippen LogP contribution >= 0.6 is 0 Å². The molecular formula is C24H36O6. The molecule has 30 heavy (non-hydrogen) atoms. The molecule has 3 N–H and O–H groups in total. The van der Waals surface area contributed by atoms with E-state index in [-0.39, 0.29) is 17.1 Å². The number of phenols is 2. The lowest BCUT2D eigenvalue weighted by Gasteiger charge is -2.18. The van der Waals surface area contributed by atoms with Gasteiger partial charge in [-0.1, -0.05) is 31.4 Å². The Morgan fingerprint density at radius 3 is 2.00 bits per heavy atom. The highest BCUT2D eigenvalue weighted by molar-refractivity contribution is 5.73. The first kappa shape index (κ1) is 24.0. The summed E-state index contributed by atoms with van der Waals surface area (Å²) >= 11 is 0. The van der Waals surface area contributed by atoms with Crippen LogP contribution in [0.15, 0.2) is 12.1 Å². The summed E-state index contributed by atoms with van der Waals surface area (Å²) in [5.74, 6) is -0.834. The van der Waals surface area contributed by atoms with Gasteiger partial charge >= 0.3 is 5.97 Å². The Morgan fingerprint density at radius 1 is 1.00 bits per heavy atom. The molecule has 0 unspecified atom stereocenters. The van der Waals surface area contributed by atoms with Crippen LogP contribution in [0.3, 0.4) is 0 Å². The highest BCUT2D eigenvalue weighted by atomic mass is 16.5. The molecule has 0 heterocycles. The van der Waals surface area contributed by atoms with Gasteiger partial charge in [0.05, 0.1) is 5.41 Å². The van der Waals surface area contributed by atoms with E-state index in [1.54, 1.807) is 13.8 Å². The van der Waals surface area contributed by atoms with Gasteiger partial charge in [0.1, 0.15) is 5.60 Å². The van der Waals surface area contributed by atoms with Crippen LogP contribution in [0.25, 0.3) is 0 Å². The van der Waals surface area contributed by atoms with Crippen molar-refractivity contribution in [3.05, 3.63) is 23.3 Å². The number of phenolic OH excluding ortho intramolecular Hbond substituents is 2. The summed E-state index contributed by atoms with van der Waals surface area (Å²) in [7, 11) is 0. The quantitative estimate of drug-likeness (QED) is 0.207. The van der Waals surface area contributed by atoms with Crippen molar-refractivity contribution in [2.45, 2.75) is 96.5 Å². The molecule has 0 saturated heterocycles. The topological polar surface area (TPSA) is 104 Å². The second kappa shape index (κ2) is 10.7. The van der Waals surface area contributed by atoms with Gasteiger partial charge in [-0.3, -0.25) is 9.59 Å². The third kappa shape index (κ3) is 6.92. The minimum atomic E-state index is -0.776. The van der Waals surface area contributed by atoms with Crippen LogP contribution in [-0.4, -0.2) is 33.4 Å². The molecule has 0 atom stereocenters. The Balaban J connectivity index is 1.70. The number of hydrogen-bond donors (Lipinski definition) is 3. The van der Waals surface area contributed by atoms with Crippen LogP contribution in [0.1, 0.15) is 89.2 Å². The number of unbranched alkanes of at least 4 members (excludes halogenated alkanes) is 4. The average molecular weight is 421 g/mol. The van der Waals surface area contributed by atoms with Gasteiger partial charge in [-0.05, 0) is 82.8 Å². The maximum absolute atomic E-state index is 11.1. The number of ether oxygens (including phenoxy) is 1. The van der Waals surface area contributed by atoms with E-state index < -0.39 is 11.4 Å². The number of aliphatic carboxylic acids is 1. The number of aromatic hydroxyl groups is 2. The molecule has 2 rings (SSSR count). The SMILES string of the molecule is CC(C)(CCCCCc1ccc(CCCCCC2(OC=O)CC2)c(O)c1O)C(=O)O. The highest BCUT2D eigenvalue weighted by Crippen LogP contribution is 2.43. The second-order valence-electron chi connectivity index (χ2n) is 9.29. The zero-order chi connectivity index (χ0) is 22.2. The fraction of sp³-hybridized carbons (Fsp3) is 0.667. The minimum Gasteiger partial charge on any atom is -0.504 e. The molecule has 0 aliphatic heterocycles. The third-order valence-electron chi connectivity index (χ3n) is 6.33. The standard InChI is InChI=1S/C24H36O6/c1-23(2,22(28)29)13-7-3-5-9-18-11-12-19(21(27)20(18)26)10-6-4-8-14-24(15-16-24)30-17-25/h11-12,17,26-27H,3-10,13-16H2,1-2H3,(H,28,29). The Kier molecular flexibility index (Phi) is 8.56. The van der Waals surface area contributed by atoms with Gasteiger partial charge in [0.25, 0.3) is 6.47 Å². The van der Waals surface area contributed by atoms with Crippen molar-refractivity contribution in [1.82, 2.24) is 0 Å². The Hall–Kier alpha value is -2.24. The summed E-state index contributed by atoms with van der Waals surface area (Å²) in [5.41, 5.74) is 0.580. The van der Waals surface area contributed by atoms with Crippen molar-refractivity contribution < 1.29 is 29.6 Å². The lowest BCUT2D eigenvalue weighted by molar-refractivity contribution is -0.147. The first-order chi connectivity index (χ1) is 14.2. The van der Waals surface area contributed by atoms with Crippen molar-refractivity contribution in [3.8, 4) is 11.5 Å². The molecule has 0 spiro atoms. The first-order valence-corrected chi connectivity index (χ1v) is 11.1. The van der Waals surface area contributed by atoms with Crippen molar-refractivity contribution >= 4 is 12.4 Å². The van der Waals surface area contributed by atoms with E-state index in [0.29, 0.717) is 25.7 Å². The molecule has 0 bridgehead atoms. The van der Waals surface area contributed by atoms with Gasteiger partial charge in [0.15, 0.2) is 11.5 Å². The fourth-order valence-electron chi connectivity index (χ4n) is 3.84. The van der Waals surface area contributed by atoms with E-state index in [4.69, 9.17) is 9.84 Å². The normalized spacial score (nSPS) is 15.0. The maximum Gasteiger partial charge on any atom is 0.309 e. The number of carbonyl (C=O) groups excluding carboxylic acids is 1. The molecule has 1 aromatic rings. The highest BCUT2D eigenvalue weighted by Gasteiger charge is 2.44. The number of aryl methyl sites for hydroxylation is 2. The van der Waals surface area contributed by atoms with Gasteiger partial charge < -0.3 is 20.1 Å². The molecule has 0 amide bonds. The molecular weight excluding hydrogens is 384 g/mol. The number of hydrogen-bond acceptors (Lipinski definition) is 5. The van der Waals surface area contributed by atoms with Crippen molar-refractivity contribution in [2.75, 3.05) is 0 Å². The van der Waals surface area contributed by atoms with Crippen LogP contribution in [0.4, 0.5) is 0 Å². The molecule has 6 heteroatoms. The largest absolute Gasteiger partial charge is 0.504 e. The summed E-state index contributed by atoms with van der Waals surface area (Å²) in [5, 5.41) is 29.8. The van der Waals surface area contributed by atoms with Crippen LogP contribution in [0, 0.1) is 5.41 Å². The van der Waals surface area contributed by atoms with Gasteiger partial charge in [-0.15, -0.1) is 0 Å². The monoisotopic (exact) mass is 420 g/mol. The van der Waals surface area contributed by atoms with Crippen LogP contribution < -0.4 is 0 Å². The van der Waals surface area contributed by atoms with Gasteiger partial charge in [0, 0.05) is 0 Å². The predicted octanol–water partition coefficient (Wildman–Crippen LogP) is 5.12. The lowest BCUT2D eigenvalue weighted by Crippen LogP contribution is -2.23. The van der Waals surface area contributed by atoms with Gasteiger partial charge in [0.2, 0.25) is 0 Å². The number of carboxylic acids is 1. The smallest absolute Gasteiger partial charge is 0.309 e. The molecule has 1 saturated carbocycles. The lowest BCUT2D eigenvalue weighted by atomic mass is 9.87. The summed E-state index contributed by atoms with van der Waals surface area (Å²) in [6.45, 7) is 4.02. The van der Waals surface area contributed by atoms with E-state index in [1.165, 1.54) is 0 Å². The van der Waals surface area contributed by atoms with Gasteiger partial charge in [-0.25, -0.2) is 0 Å². The Morgan fingerprint density at radius 2 is 1.53 bits per heavy atom. The van der Waals surface area contributed by atoms with Crippen LogP contribution in [0.5, 0.6) is 11.5 Å². The second-order valence-corrected chi connectivity index (χ2v) is 9.29. The van der Waals surface area contributed by atoms with Crippen molar-refractivity contribution in [1.29, 1.82) is 0 Å². The van der Waals surface area contributed by atoms with Crippen molar-refractivity contribution in [3.63, 3.8) is 0 Å². The number of benzene rings is 1. The molecule has 0 aromatic heterocycles. The summed E-state index contributed by atoms with van der Waals surface area (Å²) in [4.78, 5) is 21.6. The molecule has 1 aliphatic carbocycles. The number of carbonyl (C=O) groups is 2. The summed E-state index contributed by atoms with van der Waals surface area (Å²) < 4.78 is 5.15. The average Bonchev–Trinajstić information content (AvgIpc) is 3.45. The Bertz CT molecular complexity index is 721. The first-order valence-electron chi connectivity index (χ1n) is 11.1. The van der Waals surface area contributed by atoms with Crippen molar-refractivity contribution in [2.24, 2.45) is 5.41 Å².